The number of carboxylic acid groups (broad SMARTS) is 1. The molecule has 0 radical (unpaired) electrons. The summed E-state index contributed by atoms with van der Waals surface area (Å²) in [6, 6.07) is 3.62. The number of aliphatic carboxylic acids is 1. The smallest absolute Gasteiger partial charge is 0.323 e. The van der Waals surface area contributed by atoms with E-state index in [1.807, 2.05) is 6.07 Å². The highest BCUT2D eigenvalue weighted by Gasteiger charge is 2.21. The topological polar surface area (TPSA) is 73.4 Å². The molecular formula is C14H10Br2N2O3. The van der Waals surface area contributed by atoms with E-state index in [0.29, 0.717) is 10.9 Å². The Bertz CT molecular complexity index is 761. The van der Waals surface area contributed by atoms with Gasteiger partial charge in [0, 0.05) is 26.0 Å². The first-order valence-corrected chi connectivity index (χ1v) is 7.43. The van der Waals surface area contributed by atoms with Gasteiger partial charge in [-0.15, -0.1) is 6.42 Å². The molecule has 2 aromatic rings. The zero-order valence-electron chi connectivity index (χ0n) is 10.7. The molecule has 7 heteroatoms. The Kier molecular flexibility index (Phi) is 4.70. The number of hydrogen-bond acceptors (Lipinski definition) is 2. The molecule has 0 aliphatic heterocycles. The lowest BCUT2D eigenvalue weighted by Gasteiger charge is -2.17. The second-order valence-electron chi connectivity index (χ2n) is 4.27. The quantitative estimate of drug-likeness (QED) is 0.757. The Morgan fingerprint density at radius 2 is 2.00 bits per heavy atom. The minimum absolute atomic E-state index is 0.0600. The van der Waals surface area contributed by atoms with Crippen LogP contribution in [-0.4, -0.2) is 40.0 Å². The van der Waals surface area contributed by atoms with Gasteiger partial charge in [0.1, 0.15) is 6.54 Å². The van der Waals surface area contributed by atoms with Crippen LogP contribution in [0.25, 0.3) is 10.9 Å². The minimum atomic E-state index is -1.11. The number of carbonyl (C=O) groups excluding carboxylic acids is 1. The molecule has 0 fully saturated rings. The van der Waals surface area contributed by atoms with Gasteiger partial charge in [-0.05, 0) is 44.0 Å². The second kappa shape index (κ2) is 6.33. The zero-order chi connectivity index (χ0) is 15.6. The summed E-state index contributed by atoms with van der Waals surface area (Å²) in [4.78, 5) is 27.4. The number of nitrogens with one attached hydrogen (secondary N) is 1. The van der Waals surface area contributed by atoms with Crippen LogP contribution in [0.2, 0.25) is 0 Å². The average Bonchev–Trinajstić information content (AvgIpc) is 2.80. The van der Waals surface area contributed by atoms with Crippen molar-refractivity contribution in [3.8, 4) is 12.3 Å². The van der Waals surface area contributed by atoms with Gasteiger partial charge in [0.2, 0.25) is 0 Å². The molecule has 1 aromatic heterocycles. The van der Waals surface area contributed by atoms with Crippen molar-refractivity contribution in [2.75, 3.05) is 13.1 Å². The van der Waals surface area contributed by atoms with Gasteiger partial charge in [-0.3, -0.25) is 9.59 Å². The summed E-state index contributed by atoms with van der Waals surface area (Å²) in [6.07, 6.45) is 6.75. The molecule has 2 rings (SSSR count). The van der Waals surface area contributed by atoms with Crippen LogP contribution in [0.5, 0.6) is 0 Å². The van der Waals surface area contributed by atoms with E-state index < -0.39 is 18.4 Å². The number of carbonyl (C=O) groups is 2. The number of aromatic nitrogens is 1. The number of carboxylic acids is 1. The zero-order valence-corrected chi connectivity index (χ0v) is 13.9. The summed E-state index contributed by atoms with van der Waals surface area (Å²) in [5.41, 5.74) is 1.15. The fourth-order valence-electron chi connectivity index (χ4n) is 1.94. The van der Waals surface area contributed by atoms with Gasteiger partial charge in [-0.2, -0.15) is 0 Å². The van der Waals surface area contributed by atoms with Crippen molar-refractivity contribution < 1.29 is 14.7 Å². The summed E-state index contributed by atoms with van der Waals surface area (Å²) < 4.78 is 1.65. The molecule has 108 valence electrons. The first kappa shape index (κ1) is 15.6. The van der Waals surface area contributed by atoms with Gasteiger partial charge in [0.25, 0.3) is 5.91 Å². The Hall–Kier alpha value is -1.78. The van der Waals surface area contributed by atoms with Crippen molar-refractivity contribution in [1.29, 1.82) is 0 Å². The maximum Gasteiger partial charge on any atom is 0.323 e. The predicted molar refractivity (Wildman–Crippen MR) is 86.1 cm³/mol. The minimum Gasteiger partial charge on any atom is -0.480 e. The summed E-state index contributed by atoms with van der Waals surface area (Å²) in [6.45, 7) is -0.497. The van der Waals surface area contributed by atoms with E-state index in [1.54, 1.807) is 12.3 Å². The van der Waals surface area contributed by atoms with E-state index in [9.17, 15) is 9.59 Å². The number of H-pyrrole nitrogens is 1. The van der Waals surface area contributed by atoms with Crippen molar-refractivity contribution in [1.82, 2.24) is 9.88 Å². The lowest BCUT2D eigenvalue weighted by atomic mass is 10.1. The van der Waals surface area contributed by atoms with Gasteiger partial charge in [0.15, 0.2) is 0 Å². The molecule has 0 spiro atoms. The Morgan fingerprint density at radius 3 is 2.62 bits per heavy atom. The van der Waals surface area contributed by atoms with Crippen LogP contribution >= 0.6 is 31.9 Å². The summed E-state index contributed by atoms with van der Waals surface area (Å²) >= 11 is 6.76. The molecule has 1 aromatic carbocycles. The van der Waals surface area contributed by atoms with E-state index in [1.165, 1.54) is 0 Å². The Balaban J connectivity index is 2.45. The number of aromatic amines is 1. The van der Waals surface area contributed by atoms with E-state index >= 15 is 0 Å². The van der Waals surface area contributed by atoms with Crippen LogP contribution in [0.15, 0.2) is 27.3 Å². The molecule has 0 saturated heterocycles. The Labute approximate surface area is 137 Å². The number of fused-ring (bicyclic) bond motifs is 1. The second-order valence-corrected chi connectivity index (χ2v) is 5.98. The summed E-state index contributed by atoms with van der Waals surface area (Å²) in [7, 11) is 0. The van der Waals surface area contributed by atoms with Crippen LogP contribution in [0.3, 0.4) is 0 Å². The third-order valence-corrected chi connectivity index (χ3v) is 4.69. The number of hydrogen-bond donors (Lipinski definition) is 2. The van der Waals surface area contributed by atoms with Crippen molar-refractivity contribution in [3.63, 3.8) is 0 Å². The van der Waals surface area contributed by atoms with Crippen LogP contribution in [-0.2, 0) is 4.79 Å². The monoisotopic (exact) mass is 412 g/mol. The van der Waals surface area contributed by atoms with Crippen LogP contribution in [0, 0.1) is 12.3 Å². The summed E-state index contributed by atoms with van der Waals surface area (Å²) in [5, 5.41) is 9.56. The highest BCUT2D eigenvalue weighted by atomic mass is 79.9. The van der Waals surface area contributed by atoms with Gasteiger partial charge in [-0.25, -0.2) is 0 Å². The van der Waals surface area contributed by atoms with Crippen molar-refractivity contribution in [3.05, 3.63) is 32.8 Å². The standard InChI is InChI=1S/C14H10Br2N2O3/c1-2-3-18(7-13(19)20)14(21)9-6-17-12-5-11(16)10(15)4-8(9)12/h1,4-6,17H,3,7H2,(H,19,20). The van der Waals surface area contributed by atoms with Crippen molar-refractivity contribution in [2.24, 2.45) is 0 Å². The predicted octanol–water partition coefficient (Wildman–Crippen LogP) is 2.85. The van der Waals surface area contributed by atoms with Gasteiger partial charge < -0.3 is 15.0 Å². The highest BCUT2D eigenvalue weighted by Crippen LogP contribution is 2.30. The number of terminal acetylenes is 1. The van der Waals surface area contributed by atoms with E-state index in [0.717, 1.165) is 19.4 Å². The SMILES string of the molecule is C#CCN(CC(=O)O)C(=O)c1c[nH]c2cc(Br)c(Br)cc12. The van der Waals surface area contributed by atoms with Gasteiger partial charge in [-0.1, -0.05) is 5.92 Å². The maximum atomic E-state index is 12.5. The molecule has 0 unspecified atom stereocenters. The third-order valence-electron chi connectivity index (χ3n) is 2.85. The molecule has 1 amide bonds. The van der Waals surface area contributed by atoms with Crippen molar-refractivity contribution in [2.45, 2.75) is 0 Å². The molecule has 0 aliphatic rings. The lowest BCUT2D eigenvalue weighted by molar-refractivity contribution is -0.137. The van der Waals surface area contributed by atoms with Crippen LogP contribution < -0.4 is 0 Å². The third kappa shape index (κ3) is 3.28. The van der Waals surface area contributed by atoms with Gasteiger partial charge in [0.05, 0.1) is 12.1 Å². The average molecular weight is 414 g/mol. The Morgan fingerprint density at radius 1 is 1.33 bits per heavy atom. The maximum absolute atomic E-state index is 12.5. The lowest BCUT2D eigenvalue weighted by Crippen LogP contribution is -2.35. The number of halogens is 2. The molecule has 5 nitrogen and oxygen atoms in total. The van der Waals surface area contributed by atoms with Crippen LogP contribution in [0.1, 0.15) is 10.4 Å². The first-order chi connectivity index (χ1) is 9.93. The molecule has 21 heavy (non-hydrogen) atoms. The molecule has 0 aliphatic carbocycles. The van der Waals surface area contributed by atoms with E-state index in [2.05, 4.69) is 42.8 Å². The fraction of sp³-hybridized carbons (Fsp3) is 0.143. The number of benzene rings is 1. The first-order valence-electron chi connectivity index (χ1n) is 5.84. The van der Waals surface area contributed by atoms with Gasteiger partial charge >= 0.3 is 5.97 Å². The summed E-state index contributed by atoms with van der Waals surface area (Å²) in [5.74, 6) is 0.770. The van der Waals surface area contributed by atoms with E-state index in [-0.39, 0.29) is 6.54 Å². The largest absolute Gasteiger partial charge is 0.480 e. The normalized spacial score (nSPS) is 10.3. The molecule has 0 bridgehead atoms. The number of amides is 1. The molecule has 2 N–H and O–H groups in total. The highest BCUT2D eigenvalue weighted by molar-refractivity contribution is 9.13. The molecule has 0 saturated carbocycles. The fourth-order valence-corrected chi connectivity index (χ4v) is 2.62. The molecule has 1 heterocycles. The molecular weight excluding hydrogens is 404 g/mol. The van der Waals surface area contributed by atoms with Crippen LogP contribution in [0.4, 0.5) is 0 Å². The number of nitrogens with zero attached hydrogens (tertiary/aromatic N) is 1. The van der Waals surface area contributed by atoms with Crippen molar-refractivity contribution >= 4 is 54.6 Å². The molecule has 0 atom stereocenters. The van der Waals surface area contributed by atoms with E-state index in [4.69, 9.17) is 11.5 Å². The number of rotatable bonds is 4.